The van der Waals surface area contributed by atoms with Crippen molar-refractivity contribution in [2.75, 3.05) is 11.4 Å². The Hall–Kier alpha value is -2.66. The Kier molecular flexibility index (Phi) is 4.24. The minimum absolute atomic E-state index is 0.0616. The van der Waals surface area contributed by atoms with E-state index in [1.165, 1.54) is 11.1 Å². The topological polar surface area (TPSA) is 61.4 Å². The van der Waals surface area contributed by atoms with Crippen molar-refractivity contribution in [3.8, 4) is 0 Å². The number of hydrogen-bond acceptors (Lipinski definition) is 3. The maximum atomic E-state index is 12.4. The molecule has 2 aromatic carbocycles. The highest BCUT2D eigenvalue weighted by Crippen LogP contribution is 2.21. The summed E-state index contributed by atoms with van der Waals surface area (Å²) in [6.45, 7) is 2.97. The molecule has 4 rings (SSSR count). The number of fused-ring (bicyclic) bond motifs is 1. The molecular weight excluding hydrogens is 314 g/mol. The van der Waals surface area contributed by atoms with Gasteiger partial charge in [-0.3, -0.25) is 9.59 Å². The molecule has 0 spiro atoms. The minimum atomic E-state index is -0.0616. The van der Waals surface area contributed by atoms with E-state index >= 15 is 0 Å². The summed E-state index contributed by atoms with van der Waals surface area (Å²) >= 11 is 0. The maximum absolute atomic E-state index is 12.4. The number of hydrogen-bond donors (Lipinski definition) is 2. The van der Waals surface area contributed by atoms with Crippen molar-refractivity contribution < 1.29 is 9.59 Å². The second-order valence-electron chi connectivity index (χ2n) is 6.59. The van der Waals surface area contributed by atoms with Crippen LogP contribution in [0, 0.1) is 0 Å². The Balaban J connectivity index is 1.38. The average molecular weight is 335 g/mol. The lowest BCUT2D eigenvalue weighted by atomic mass is 10.1. The lowest BCUT2D eigenvalue weighted by Crippen LogP contribution is -2.24. The van der Waals surface area contributed by atoms with Crippen molar-refractivity contribution in [1.82, 2.24) is 10.6 Å². The molecule has 5 heteroatoms. The average Bonchev–Trinajstić information content (AvgIpc) is 3.28. The molecule has 1 fully saturated rings. The molecular formula is C20H21N3O2. The summed E-state index contributed by atoms with van der Waals surface area (Å²) < 4.78 is 0. The standard InChI is InChI=1S/C20H21N3O2/c24-19-2-1-9-23(19)18-7-3-14(4-8-18)11-22-20(25)15-5-6-16-12-21-13-17(16)10-15/h3-8,10,21H,1-2,9,11-13H2,(H,22,25). The number of nitrogens with zero attached hydrogens (tertiary/aromatic N) is 1. The molecule has 2 amide bonds. The molecule has 5 nitrogen and oxygen atoms in total. The van der Waals surface area contributed by atoms with Gasteiger partial charge in [0.2, 0.25) is 5.91 Å². The van der Waals surface area contributed by atoms with E-state index in [-0.39, 0.29) is 11.8 Å². The fourth-order valence-corrected chi connectivity index (χ4v) is 3.44. The molecule has 0 atom stereocenters. The van der Waals surface area contributed by atoms with Gasteiger partial charge in [-0.25, -0.2) is 0 Å². The van der Waals surface area contributed by atoms with E-state index < -0.39 is 0 Å². The van der Waals surface area contributed by atoms with Gasteiger partial charge in [0.1, 0.15) is 0 Å². The summed E-state index contributed by atoms with van der Waals surface area (Å²) in [5, 5.41) is 6.25. The van der Waals surface area contributed by atoms with Gasteiger partial charge in [0.15, 0.2) is 0 Å². The van der Waals surface area contributed by atoms with E-state index in [9.17, 15) is 9.59 Å². The molecule has 1 saturated heterocycles. The zero-order valence-corrected chi connectivity index (χ0v) is 14.0. The number of benzene rings is 2. The zero-order chi connectivity index (χ0) is 17.2. The van der Waals surface area contributed by atoms with Crippen LogP contribution < -0.4 is 15.5 Å². The van der Waals surface area contributed by atoms with E-state index in [0.29, 0.717) is 18.5 Å². The van der Waals surface area contributed by atoms with Gasteiger partial charge < -0.3 is 15.5 Å². The second kappa shape index (κ2) is 6.69. The molecule has 0 bridgehead atoms. The van der Waals surface area contributed by atoms with Gasteiger partial charge in [0.25, 0.3) is 5.91 Å². The summed E-state index contributed by atoms with van der Waals surface area (Å²) in [5.74, 6) is 0.126. The molecule has 25 heavy (non-hydrogen) atoms. The van der Waals surface area contributed by atoms with Crippen molar-refractivity contribution in [1.29, 1.82) is 0 Å². The van der Waals surface area contributed by atoms with Crippen LogP contribution in [-0.4, -0.2) is 18.4 Å². The quantitative estimate of drug-likeness (QED) is 0.902. The number of anilines is 1. The van der Waals surface area contributed by atoms with Gasteiger partial charge in [-0.2, -0.15) is 0 Å². The number of nitrogens with one attached hydrogen (secondary N) is 2. The van der Waals surface area contributed by atoms with Gasteiger partial charge >= 0.3 is 0 Å². The van der Waals surface area contributed by atoms with E-state index in [2.05, 4.69) is 10.6 Å². The van der Waals surface area contributed by atoms with Crippen molar-refractivity contribution >= 4 is 17.5 Å². The first-order valence-electron chi connectivity index (χ1n) is 8.71. The Labute approximate surface area is 147 Å². The van der Waals surface area contributed by atoms with E-state index in [4.69, 9.17) is 0 Å². The third kappa shape index (κ3) is 3.28. The monoisotopic (exact) mass is 335 g/mol. The molecule has 2 aromatic rings. The molecule has 2 aliphatic rings. The Morgan fingerprint density at radius 3 is 2.64 bits per heavy atom. The lowest BCUT2D eigenvalue weighted by molar-refractivity contribution is -0.117. The second-order valence-corrected chi connectivity index (χ2v) is 6.59. The SMILES string of the molecule is O=C(NCc1ccc(N2CCCC2=O)cc1)c1ccc2c(c1)CNC2. The third-order valence-electron chi connectivity index (χ3n) is 4.87. The van der Waals surface area contributed by atoms with Crippen LogP contribution in [0.15, 0.2) is 42.5 Å². The smallest absolute Gasteiger partial charge is 0.251 e. The summed E-state index contributed by atoms with van der Waals surface area (Å²) in [7, 11) is 0. The normalized spacial score (nSPS) is 16.2. The van der Waals surface area contributed by atoms with Crippen LogP contribution in [0.5, 0.6) is 0 Å². The Morgan fingerprint density at radius 2 is 1.88 bits per heavy atom. The van der Waals surface area contributed by atoms with Crippen molar-refractivity contribution in [3.05, 3.63) is 64.7 Å². The van der Waals surface area contributed by atoms with Gasteiger partial charge in [-0.05, 0) is 47.4 Å². The van der Waals surface area contributed by atoms with E-state index in [1.807, 2.05) is 47.4 Å². The predicted octanol–water partition coefficient (Wildman–Crippen LogP) is 2.35. The Bertz CT molecular complexity index is 814. The minimum Gasteiger partial charge on any atom is -0.348 e. The Morgan fingerprint density at radius 1 is 1.08 bits per heavy atom. The largest absolute Gasteiger partial charge is 0.348 e. The molecule has 0 saturated carbocycles. The van der Waals surface area contributed by atoms with Crippen molar-refractivity contribution in [2.24, 2.45) is 0 Å². The highest BCUT2D eigenvalue weighted by molar-refractivity contribution is 5.95. The number of carbonyl (C=O) groups is 2. The van der Waals surface area contributed by atoms with Crippen molar-refractivity contribution in [2.45, 2.75) is 32.5 Å². The summed E-state index contributed by atoms with van der Waals surface area (Å²) in [5.41, 5.74) is 5.12. The van der Waals surface area contributed by atoms with Crippen LogP contribution in [0.1, 0.15) is 39.9 Å². The molecule has 0 unspecified atom stereocenters. The molecule has 2 N–H and O–H groups in total. The maximum Gasteiger partial charge on any atom is 0.251 e. The fraction of sp³-hybridized carbons (Fsp3) is 0.300. The first-order chi connectivity index (χ1) is 12.2. The van der Waals surface area contributed by atoms with Crippen LogP contribution in [0.4, 0.5) is 5.69 Å². The molecule has 0 aliphatic carbocycles. The molecule has 0 radical (unpaired) electrons. The molecule has 128 valence electrons. The number of carbonyl (C=O) groups excluding carboxylic acids is 2. The summed E-state index contributed by atoms with van der Waals surface area (Å²) in [6.07, 6.45) is 1.56. The summed E-state index contributed by atoms with van der Waals surface area (Å²) in [6, 6.07) is 13.7. The van der Waals surface area contributed by atoms with Gasteiger partial charge in [-0.15, -0.1) is 0 Å². The highest BCUT2D eigenvalue weighted by atomic mass is 16.2. The molecule has 2 heterocycles. The lowest BCUT2D eigenvalue weighted by Gasteiger charge is -2.16. The zero-order valence-electron chi connectivity index (χ0n) is 14.0. The van der Waals surface area contributed by atoms with Gasteiger partial charge in [-0.1, -0.05) is 18.2 Å². The summed E-state index contributed by atoms with van der Waals surface area (Å²) in [4.78, 5) is 25.9. The van der Waals surface area contributed by atoms with E-state index in [0.717, 1.165) is 37.3 Å². The number of rotatable bonds is 4. The first-order valence-corrected chi connectivity index (χ1v) is 8.71. The highest BCUT2D eigenvalue weighted by Gasteiger charge is 2.21. The fourth-order valence-electron chi connectivity index (χ4n) is 3.44. The van der Waals surface area contributed by atoms with Crippen molar-refractivity contribution in [3.63, 3.8) is 0 Å². The van der Waals surface area contributed by atoms with Crippen LogP contribution in [0.2, 0.25) is 0 Å². The van der Waals surface area contributed by atoms with Gasteiger partial charge in [0, 0.05) is 43.9 Å². The molecule has 2 aliphatic heterocycles. The van der Waals surface area contributed by atoms with Crippen LogP contribution >= 0.6 is 0 Å². The van der Waals surface area contributed by atoms with Gasteiger partial charge in [0.05, 0.1) is 0 Å². The van der Waals surface area contributed by atoms with Crippen LogP contribution in [0.25, 0.3) is 0 Å². The first kappa shape index (κ1) is 15.8. The predicted molar refractivity (Wildman–Crippen MR) is 96.2 cm³/mol. The number of amides is 2. The van der Waals surface area contributed by atoms with E-state index in [1.54, 1.807) is 0 Å². The van der Waals surface area contributed by atoms with Crippen LogP contribution in [0.3, 0.4) is 0 Å². The molecule has 0 aromatic heterocycles. The third-order valence-corrected chi connectivity index (χ3v) is 4.87. The van der Waals surface area contributed by atoms with Crippen LogP contribution in [-0.2, 0) is 24.4 Å².